The number of aliphatic hydroxyl groups is 1. The first-order valence-electron chi connectivity index (χ1n) is 10.4. The first-order valence-corrected chi connectivity index (χ1v) is 8.09. The van der Waals surface area contributed by atoms with E-state index in [1.54, 1.807) is 0 Å². The summed E-state index contributed by atoms with van der Waals surface area (Å²) < 4.78 is 62.2. The molecule has 26 heavy (non-hydrogen) atoms. The quantitative estimate of drug-likeness (QED) is 0.281. The van der Waals surface area contributed by atoms with Crippen LogP contribution >= 0.6 is 0 Å². The van der Waals surface area contributed by atoms with E-state index in [0.717, 1.165) is 26.2 Å². The largest absolute Gasteiger partial charge is 0.375 e. The summed E-state index contributed by atoms with van der Waals surface area (Å²) in [6.07, 6.45) is 2.23. The van der Waals surface area contributed by atoms with Crippen LogP contribution in [0.25, 0.3) is 0 Å². The zero-order valence-electron chi connectivity index (χ0n) is 18.9. The molecule has 1 fully saturated rings. The summed E-state index contributed by atoms with van der Waals surface area (Å²) in [6, 6.07) is 0. The van der Waals surface area contributed by atoms with E-state index in [1.165, 1.54) is 31.4 Å². The van der Waals surface area contributed by atoms with Gasteiger partial charge in [0.1, 0.15) is 18.3 Å². The van der Waals surface area contributed by atoms with Gasteiger partial charge in [-0.05, 0) is 0 Å². The lowest BCUT2D eigenvalue weighted by Crippen LogP contribution is -2.68. The first-order chi connectivity index (χ1) is 14.6. The van der Waals surface area contributed by atoms with E-state index < -0.39 is 30.4 Å². The normalized spacial score (nSPS) is 35.3. The molecule has 0 aliphatic carbocycles. The van der Waals surface area contributed by atoms with E-state index in [4.69, 9.17) is 33.9 Å². The molecule has 0 radical (unpaired) electrons. The molecule has 7 heteroatoms. The topological polar surface area (TPSA) is 75.6 Å². The highest BCUT2D eigenvalue weighted by Crippen LogP contribution is 2.34. The van der Waals surface area contributed by atoms with Crippen molar-refractivity contribution < 1.29 is 39.0 Å². The molecule has 1 heterocycles. The minimum absolute atomic E-state index is 0.00124. The molecule has 148 valence electrons. The highest BCUT2D eigenvalue weighted by molar-refractivity contribution is 4.97. The van der Waals surface area contributed by atoms with Crippen molar-refractivity contribution in [2.75, 3.05) is 40.1 Å². The average molecular weight is 374 g/mol. The van der Waals surface area contributed by atoms with E-state index in [9.17, 15) is 5.11 Å². The zero-order chi connectivity index (χ0) is 22.2. The van der Waals surface area contributed by atoms with Crippen LogP contribution in [-0.4, -0.2) is 75.6 Å². The molecule has 7 nitrogen and oxygen atoms in total. The summed E-state index contributed by atoms with van der Waals surface area (Å²) in [5.74, 6) is -2.18. The van der Waals surface area contributed by atoms with E-state index in [1.807, 2.05) is 0 Å². The van der Waals surface area contributed by atoms with Crippen molar-refractivity contribution in [3.8, 4) is 0 Å². The van der Waals surface area contributed by atoms with Gasteiger partial charge in [-0.1, -0.05) is 24.3 Å². The molecular weight excluding hydrogens is 340 g/mol. The Morgan fingerprint density at radius 2 is 1.54 bits per heavy atom. The van der Waals surface area contributed by atoms with Crippen LogP contribution in [0.3, 0.4) is 0 Å². The van der Waals surface area contributed by atoms with Crippen molar-refractivity contribution in [2.24, 2.45) is 0 Å². The Balaban J connectivity index is 3.17. The minimum atomic E-state index is -2.18. The van der Waals surface area contributed by atoms with Gasteiger partial charge in [0.15, 0.2) is 6.10 Å². The van der Waals surface area contributed by atoms with Crippen LogP contribution in [0.1, 0.15) is 5.48 Å². The summed E-state index contributed by atoms with van der Waals surface area (Å²) >= 11 is 0. The second-order valence-electron chi connectivity index (χ2n) is 5.32. The van der Waals surface area contributed by atoms with Gasteiger partial charge in [-0.2, -0.15) is 0 Å². The lowest BCUT2D eigenvalue weighted by Gasteiger charge is -2.48. The fourth-order valence-electron chi connectivity index (χ4n) is 2.56. The standard InChI is InChI=1S/C19H30O7/c1-6-10-22-14-15-16(23-11-7-2)17(24-12-8-3)18(25-13-9-4)19(20,21-5)26-15/h6-9,15-18,20H,1-4,10-14H2,5H3/t15-,16-,17+,18-,19?/m1/s1/i1D,2D,3D,4D. The lowest BCUT2D eigenvalue weighted by atomic mass is 9.96. The van der Waals surface area contributed by atoms with Gasteiger partial charge >= 0.3 is 5.97 Å². The number of rotatable bonds is 14. The maximum absolute atomic E-state index is 11.0. The maximum Gasteiger partial charge on any atom is 0.311 e. The number of hydrogen-bond donors (Lipinski definition) is 1. The molecule has 1 rings (SSSR count). The van der Waals surface area contributed by atoms with Crippen molar-refractivity contribution in [1.29, 1.82) is 0 Å². The van der Waals surface area contributed by atoms with Crippen LogP contribution in [0.4, 0.5) is 0 Å². The molecule has 0 spiro atoms. The van der Waals surface area contributed by atoms with Crippen molar-refractivity contribution in [3.63, 3.8) is 0 Å². The Hall–Kier alpha value is -1.32. The fourth-order valence-corrected chi connectivity index (χ4v) is 2.56. The number of methoxy groups -OCH3 is 1. The Bertz CT molecular complexity index is 573. The summed E-state index contributed by atoms with van der Waals surface area (Å²) in [6.45, 7) is 4.60. The second kappa shape index (κ2) is 12.1. The maximum atomic E-state index is 11.0. The second-order valence-corrected chi connectivity index (χ2v) is 5.32. The Kier molecular flexibility index (Phi) is 7.85. The first kappa shape index (κ1) is 16.8. The minimum Gasteiger partial charge on any atom is -0.375 e. The Morgan fingerprint density at radius 3 is 2.15 bits per heavy atom. The molecule has 5 atom stereocenters. The molecule has 1 unspecified atom stereocenters. The summed E-state index contributed by atoms with van der Waals surface area (Å²) in [4.78, 5) is 0. The molecule has 0 amide bonds. The zero-order valence-corrected chi connectivity index (χ0v) is 14.9. The van der Waals surface area contributed by atoms with Gasteiger partial charge in [-0.25, -0.2) is 0 Å². The summed E-state index contributed by atoms with van der Waals surface area (Å²) in [5.41, 5.74) is 0. The van der Waals surface area contributed by atoms with Crippen LogP contribution in [0, 0.1) is 0 Å². The van der Waals surface area contributed by atoms with Gasteiger partial charge in [-0.3, -0.25) is 0 Å². The highest BCUT2D eigenvalue weighted by Gasteiger charge is 2.57. The Labute approximate surface area is 161 Å². The van der Waals surface area contributed by atoms with Crippen LogP contribution in [0.5, 0.6) is 0 Å². The molecule has 0 bridgehead atoms. The molecule has 0 saturated carbocycles. The third kappa shape index (κ3) is 6.14. The smallest absolute Gasteiger partial charge is 0.311 e. The van der Waals surface area contributed by atoms with Gasteiger partial charge in [0.05, 0.1) is 38.5 Å². The molecule has 1 N–H and O–H groups in total. The van der Waals surface area contributed by atoms with Gasteiger partial charge in [-0.15, -0.1) is 26.2 Å². The van der Waals surface area contributed by atoms with Crippen molar-refractivity contribution in [1.82, 2.24) is 0 Å². The van der Waals surface area contributed by atoms with Crippen molar-refractivity contribution in [2.45, 2.75) is 30.4 Å². The van der Waals surface area contributed by atoms with E-state index in [2.05, 4.69) is 0 Å². The van der Waals surface area contributed by atoms with Crippen LogP contribution in [0.2, 0.25) is 0 Å². The molecule has 1 saturated heterocycles. The average Bonchev–Trinajstić information content (AvgIpc) is 2.75. The van der Waals surface area contributed by atoms with E-state index in [-0.39, 0.29) is 33.0 Å². The lowest BCUT2D eigenvalue weighted by molar-refractivity contribution is -0.450. The predicted molar refractivity (Wildman–Crippen MR) is 97.7 cm³/mol. The third-order valence-electron chi connectivity index (χ3n) is 3.60. The predicted octanol–water partition coefficient (Wildman–Crippen LogP) is 1.59. The van der Waals surface area contributed by atoms with Crippen molar-refractivity contribution >= 4 is 0 Å². The van der Waals surface area contributed by atoms with Crippen LogP contribution in [0.15, 0.2) is 50.5 Å². The number of ether oxygens (including phenoxy) is 6. The molecular formula is C19H30O7. The third-order valence-corrected chi connectivity index (χ3v) is 3.60. The Morgan fingerprint density at radius 1 is 0.962 bits per heavy atom. The monoisotopic (exact) mass is 374 g/mol. The summed E-state index contributed by atoms with van der Waals surface area (Å²) in [7, 11) is 1.25. The molecule has 1 aliphatic heterocycles. The highest BCUT2D eigenvalue weighted by atomic mass is 16.8. The van der Waals surface area contributed by atoms with E-state index >= 15 is 0 Å². The van der Waals surface area contributed by atoms with Gasteiger partial charge < -0.3 is 33.5 Å². The van der Waals surface area contributed by atoms with Crippen LogP contribution in [-0.2, 0) is 28.4 Å². The van der Waals surface area contributed by atoms with Crippen molar-refractivity contribution in [3.05, 3.63) is 50.5 Å². The number of hydrogen-bond acceptors (Lipinski definition) is 7. The van der Waals surface area contributed by atoms with Crippen LogP contribution < -0.4 is 0 Å². The van der Waals surface area contributed by atoms with Gasteiger partial charge in [0, 0.05) is 7.11 Å². The molecule has 0 aromatic carbocycles. The van der Waals surface area contributed by atoms with Gasteiger partial charge in [0.2, 0.25) is 0 Å². The molecule has 0 aromatic heterocycles. The molecule has 0 aromatic rings. The van der Waals surface area contributed by atoms with Gasteiger partial charge in [0.25, 0.3) is 0 Å². The molecule has 1 aliphatic rings. The summed E-state index contributed by atoms with van der Waals surface area (Å²) in [5, 5.41) is 11.0. The van der Waals surface area contributed by atoms with E-state index in [0.29, 0.717) is 0 Å². The SMILES string of the molecule is [2H]C=CCOC[C@H]1OC(O)(OC)[C@H](OCC=C[2H])[C@@H](OCC=C[2H])[C@@H]1OCC=C[2H]. The fraction of sp³-hybridized carbons (Fsp3) is 0.579.